The summed E-state index contributed by atoms with van der Waals surface area (Å²) < 4.78 is 81.7. The second kappa shape index (κ2) is 7.81. The Morgan fingerprint density at radius 3 is 2.41 bits per heavy atom. The van der Waals surface area contributed by atoms with E-state index in [0.29, 0.717) is 10.7 Å². The summed E-state index contributed by atoms with van der Waals surface area (Å²) in [5, 5.41) is 5.63. The predicted octanol–water partition coefficient (Wildman–Crippen LogP) is 4.28. The van der Waals surface area contributed by atoms with Crippen molar-refractivity contribution in [3.05, 3.63) is 65.9 Å². The van der Waals surface area contributed by atoms with E-state index >= 15 is 0 Å². The summed E-state index contributed by atoms with van der Waals surface area (Å²) in [6.07, 6.45) is -2.78. The fourth-order valence-electron chi connectivity index (χ4n) is 2.31. The van der Waals surface area contributed by atoms with Crippen molar-refractivity contribution in [2.75, 3.05) is 5.32 Å². The van der Waals surface area contributed by atoms with E-state index in [2.05, 4.69) is 20.1 Å². The van der Waals surface area contributed by atoms with Crippen LogP contribution in [0.5, 0.6) is 5.88 Å². The van der Waals surface area contributed by atoms with Crippen molar-refractivity contribution in [3.8, 4) is 11.6 Å². The van der Waals surface area contributed by atoms with Crippen LogP contribution in [0.1, 0.15) is 16.1 Å². The molecule has 0 saturated carbocycles. The SMILES string of the molecule is O=C(Nc1ccc(-n2nc(C(F)(F)F)cc2OC(F)F)cc1)c1ccncc1F. The molecule has 0 radical (unpaired) electrons. The van der Waals surface area contributed by atoms with Gasteiger partial charge in [-0.05, 0) is 30.3 Å². The molecule has 1 aromatic carbocycles. The van der Waals surface area contributed by atoms with Gasteiger partial charge in [0.25, 0.3) is 5.91 Å². The van der Waals surface area contributed by atoms with Gasteiger partial charge in [0.1, 0.15) is 0 Å². The van der Waals surface area contributed by atoms with E-state index < -0.39 is 36.1 Å². The Bertz CT molecular complexity index is 1020. The third kappa shape index (κ3) is 4.65. The lowest BCUT2D eigenvalue weighted by molar-refractivity contribution is -0.141. The van der Waals surface area contributed by atoms with Crippen LogP contribution >= 0.6 is 0 Å². The lowest BCUT2D eigenvalue weighted by Gasteiger charge is -2.10. The largest absolute Gasteiger partial charge is 0.435 e. The number of benzene rings is 1. The van der Waals surface area contributed by atoms with Gasteiger partial charge in [-0.1, -0.05) is 0 Å². The highest BCUT2D eigenvalue weighted by Gasteiger charge is 2.36. The number of hydrogen-bond acceptors (Lipinski definition) is 4. The third-order valence-electron chi connectivity index (χ3n) is 3.56. The molecule has 0 aliphatic heterocycles. The van der Waals surface area contributed by atoms with Crippen molar-refractivity contribution in [1.82, 2.24) is 14.8 Å². The smallest absolute Gasteiger partial charge is 0.417 e. The van der Waals surface area contributed by atoms with Crippen molar-refractivity contribution in [1.29, 1.82) is 0 Å². The number of amides is 1. The predicted molar refractivity (Wildman–Crippen MR) is 87.3 cm³/mol. The monoisotopic (exact) mass is 416 g/mol. The second-order valence-corrected chi connectivity index (χ2v) is 5.51. The quantitative estimate of drug-likeness (QED) is 0.631. The Morgan fingerprint density at radius 1 is 1.14 bits per heavy atom. The molecule has 3 rings (SSSR count). The summed E-state index contributed by atoms with van der Waals surface area (Å²) in [5.41, 5.74) is -1.55. The fourth-order valence-corrected chi connectivity index (χ4v) is 2.31. The molecule has 0 bridgehead atoms. The minimum absolute atomic E-state index is 0.0377. The van der Waals surface area contributed by atoms with Crippen molar-refractivity contribution < 1.29 is 35.9 Å². The molecule has 3 aromatic rings. The van der Waals surface area contributed by atoms with Crippen LogP contribution in [-0.4, -0.2) is 27.3 Å². The molecule has 0 spiro atoms. The standard InChI is InChI=1S/C17H10F6N4O2/c18-12-8-24-6-5-11(12)15(28)25-9-1-3-10(4-2-9)27-14(29-16(19)20)7-13(26-27)17(21,22)23/h1-8,16H,(H,25,28). The molecule has 0 fully saturated rings. The number of aromatic nitrogens is 3. The number of carbonyl (C=O) groups is 1. The van der Waals surface area contributed by atoms with E-state index in [-0.39, 0.29) is 16.9 Å². The first kappa shape index (κ1) is 20.2. The zero-order valence-electron chi connectivity index (χ0n) is 14.1. The number of pyridine rings is 1. The number of nitrogens with one attached hydrogen (secondary N) is 1. The van der Waals surface area contributed by atoms with Crippen LogP contribution in [-0.2, 0) is 6.18 Å². The second-order valence-electron chi connectivity index (χ2n) is 5.51. The van der Waals surface area contributed by atoms with Crippen LogP contribution in [0.15, 0.2) is 48.8 Å². The van der Waals surface area contributed by atoms with Gasteiger partial charge in [0.15, 0.2) is 11.5 Å². The van der Waals surface area contributed by atoms with Gasteiger partial charge in [0.05, 0.1) is 17.4 Å². The van der Waals surface area contributed by atoms with Gasteiger partial charge in [-0.3, -0.25) is 9.78 Å². The van der Waals surface area contributed by atoms with Gasteiger partial charge in [0.2, 0.25) is 5.88 Å². The normalized spacial score (nSPS) is 11.6. The minimum Gasteiger partial charge on any atom is -0.417 e. The fraction of sp³-hybridized carbons (Fsp3) is 0.118. The van der Waals surface area contributed by atoms with Gasteiger partial charge in [0, 0.05) is 18.0 Å². The molecule has 2 aromatic heterocycles. The van der Waals surface area contributed by atoms with Crippen molar-refractivity contribution in [3.63, 3.8) is 0 Å². The Morgan fingerprint density at radius 2 is 1.83 bits per heavy atom. The molecule has 29 heavy (non-hydrogen) atoms. The average molecular weight is 416 g/mol. The summed E-state index contributed by atoms with van der Waals surface area (Å²) >= 11 is 0. The lowest BCUT2D eigenvalue weighted by Crippen LogP contribution is -2.14. The Kier molecular flexibility index (Phi) is 5.43. The molecule has 0 unspecified atom stereocenters. The minimum atomic E-state index is -4.87. The number of carbonyl (C=O) groups excluding carboxylic acids is 1. The van der Waals surface area contributed by atoms with E-state index in [1.807, 2.05) is 0 Å². The average Bonchev–Trinajstić information content (AvgIpc) is 3.06. The van der Waals surface area contributed by atoms with Gasteiger partial charge in [-0.2, -0.15) is 27.1 Å². The van der Waals surface area contributed by atoms with Crippen LogP contribution in [0.25, 0.3) is 5.69 Å². The number of ether oxygens (including phenoxy) is 1. The highest BCUT2D eigenvalue weighted by molar-refractivity contribution is 6.04. The molecule has 1 amide bonds. The summed E-state index contributed by atoms with van der Waals surface area (Å²) in [4.78, 5) is 15.6. The Hall–Kier alpha value is -3.57. The lowest BCUT2D eigenvalue weighted by atomic mass is 10.2. The third-order valence-corrected chi connectivity index (χ3v) is 3.56. The van der Waals surface area contributed by atoms with E-state index in [9.17, 15) is 31.1 Å². The van der Waals surface area contributed by atoms with Gasteiger partial charge < -0.3 is 10.1 Å². The molecule has 0 aliphatic rings. The molecule has 152 valence electrons. The maximum Gasteiger partial charge on any atom is 0.435 e. The van der Waals surface area contributed by atoms with E-state index in [0.717, 1.165) is 12.3 Å². The molecule has 1 N–H and O–H groups in total. The molecule has 12 heteroatoms. The first-order valence-corrected chi connectivity index (χ1v) is 7.78. The van der Waals surface area contributed by atoms with Crippen molar-refractivity contribution in [2.45, 2.75) is 12.8 Å². The maximum atomic E-state index is 13.6. The number of halogens is 6. The zero-order chi connectivity index (χ0) is 21.2. The van der Waals surface area contributed by atoms with E-state index in [4.69, 9.17) is 0 Å². The van der Waals surface area contributed by atoms with Crippen molar-refractivity contribution in [2.24, 2.45) is 0 Å². The molecule has 0 aliphatic carbocycles. The number of rotatable bonds is 5. The Balaban J connectivity index is 1.85. The summed E-state index contributed by atoms with van der Waals surface area (Å²) in [6.45, 7) is -3.36. The van der Waals surface area contributed by atoms with Crippen molar-refractivity contribution >= 4 is 11.6 Å². The maximum absolute atomic E-state index is 13.6. The zero-order valence-corrected chi connectivity index (χ0v) is 14.1. The Labute approximate surface area is 158 Å². The number of alkyl halides is 5. The van der Waals surface area contributed by atoms with Crippen LogP contribution in [0.2, 0.25) is 0 Å². The summed E-state index contributed by atoms with van der Waals surface area (Å²) in [6, 6.07) is 6.47. The van der Waals surface area contributed by atoms with Crippen LogP contribution in [0, 0.1) is 5.82 Å². The highest BCUT2D eigenvalue weighted by atomic mass is 19.4. The molecule has 0 saturated heterocycles. The van der Waals surface area contributed by atoms with Gasteiger partial charge in [-0.25, -0.2) is 9.07 Å². The van der Waals surface area contributed by atoms with E-state index in [1.165, 1.54) is 30.5 Å². The van der Waals surface area contributed by atoms with Gasteiger partial charge >= 0.3 is 12.8 Å². The first-order valence-electron chi connectivity index (χ1n) is 7.78. The molecular formula is C17H10F6N4O2. The van der Waals surface area contributed by atoms with E-state index in [1.54, 1.807) is 0 Å². The van der Waals surface area contributed by atoms with Crippen LogP contribution < -0.4 is 10.1 Å². The van der Waals surface area contributed by atoms with Crippen LogP contribution in [0.4, 0.5) is 32.0 Å². The molecule has 6 nitrogen and oxygen atoms in total. The molecule has 2 heterocycles. The molecule has 0 atom stereocenters. The van der Waals surface area contributed by atoms with Crippen LogP contribution in [0.3, 0.4) is 0 Å². The summed E-state index contributed by atoms with van der Waals surface area (Å²) in [7, 11) is 0. The molecular weight excluding hydrogens is 406 g/mol. The number of nitrogens with zero attached hydrogens (tertiary/aromatic N) is 3. The number of anilines is 1. The topological polar surface area (TPSA) is 69.0 Å². The number of hydrogen-bond donors (Lipinski definition) is 1. The van der Waals surface area contributed by atoms with Gasteiger partial charge in [-0.15, -0.1) is 0 Å². The highest BCUT2D eigenvalue weighted by Crippen LogP contribution is 2.32. The summed E-state index contributed by atoms with van der Waals surface area (Å²) in [5.74, 6) is -2.44. The first-order chi connectivity index (χ1) is 13.6.